The Morgan fingerprint density at radius 3 is 1.19 bits per heavy atom. The molecule has 0 bridgehead atoms. The molecule has 0 saturated carbocycles. The van der Waals surface area contributed by atoms with Crippen molar-refractivity contribution in [2.45, 2.75) is 0 Å². The zero-order valence-corrected chi connectivity index (χ0v) is 23.0. The van der Waals surface area contributed by atoms with E-state index in [4.69, 9.17) is 0 Å². The summed E-state index contributed by atoms with van der Waals surface area (Å²) in [6.45, 7) is 0. The lowest BCUT2D eigenvalue weighted by molar-refractivity contribution is 0.758. The molecule has 4 aliphatic rings. The van der Waals surface area contributed by atoms with Gasteiger partial charge in [-0.15, -0.1) is 0 Å². The largest absolute Gasteiger partial charge is 0.0622 e. The van der Waals surface area contributed by atoms with E-state index >= 15 is 0 Å². The molecular formula is C42H26. The molecule has 6 aromatic carbocycles. The molecule has 0 spiro atoms. The van der Waals surface area contributed by atoms with Crippen molar-refractivity contribution in [2.75, 3.05) is 0 Å². The van der Waals surface area contributed by atoms with Gasteiger partial charge in [-0.3, -0.25) is 0 Å². The number of hydrogen-bond donors (Lipinski definition) is 0. The summed E-state index contributed by atoms with van der Waals surface area (Å²) in [5.74, 6) is 0.688. The molecule has 0 nitrogen and oxygen atoms in total. The molecule has 0 aromatic heterocycles. The molecule has 0 atom stereocenters. The van der Waals surface area contributed by atoms with Crippen LogP contribution in [0.3, 0.4) is 0 Å². The lowest BCUT2D eigenvalue weighted by Gasteiger charge is -2.31. The highest BCUT2D eigenvalue weighted by atomic mass is 14.5. The molecule has 0 heterocycles. The number of rotatable bonds is 2. The average molecular weight is 531 g/mol. The minimum absolute atomic E-state index is 0.335. The van der Waals surface area contributed by atoms with E-state index in [-0.39, 0.29) is 0 Å². The Kier molecular flexibility index (Phi) is 4.38. The maximum absolute atomic E-state index is 2.45. The minimum Gasteiger partial charge on any atom is -0.0622 e. The van der Waals surface area contributed by atoms with Crippen LogP contribution in [0.4, 0.5) is 0 Å². The molecule has 0 aliphatic heterocycles. The highest BCUT2D eigenvalue weighted by molar-refractivity contribution is 6.14. The first-order chi connectivity index (χ1) is 20.8. The SMILES string of the molecule is C1=C2c3cc4cc5ccccc5cc4cc3C3=CC=C4c5c(-c6ccccc6)ccc(-c6ccccc6)c5C(=C1)C4C23. The van der Waals surface area contributed by atoms with E-state index < -0.39 is 0 Å². The van der Waals surface area contributed by atoms with Gasteiger partial charge < -0.3 is 0 Å². The van der Waals surface area contributed by atoms with Crippen LogP contribution >= 0.6 is 0 Å². The van der Waals surface area contributed by atoms with Crippen molar-refractivity contribution in [3.05, 3.63) is 168 Å². The van der Waals surface area contributed by atoms with Crippen LogP contribution in [-0.4, -0.2) is 0 Å². The van der Waals surface area contributed by atoms with Gasteiger partial charge in [0.2, 0.25) is 0 Å². The number of hydrogen-bond acceptors (Lipinski definition) is 0. The first-order valence-corrected chi connectivity index (χ1v) is 14.9. The van der Waals surface area contributed by atoms with Crippen LogP contribution in [0.5, 0.6) is 0 Å². The predicted molar refractivity (Wildman–Crippen MR) is 178 cm³/mol. The number of fused-ring (bicyclic) bond motifs is 8. The molecule has 0 fully saturated rings. The molecule has 0 unspecified atom stereocenters. The standard InChI is InChI=1S/C42H26/c1-3-9-25(10-4-1)31-15-16-32(26-11-5-2-6-12-26)40-36-20-18-34-38-24-30-22-28-14-8-7-13-27(28)21-29(30)23-37(38)33-17-19-35(39(31)40)42(36)41(33)34/h1-24,41-42H. The van der Waals surface area contributed by atoms with Gasteiger partial charge in [0.05, 0.1) is 0 Å². The van der Waals surface area contributed by atoms with Crippen molar-refractivity contribution >= 4 is 43.8 Å². The van der Waals surface area contributed by atoms with E-state index in [1.165, 1.54) is 88.3 Å². The number of benzene rings is 6. The van der Waals surface area contributed by atoms with E-state index in [0.717, 1.165) is 0 Å². The molecule has 4 aliphatic carbocycles. The molecule has 0 radical (unpaired) electrons. The fourth-order valence-electron chi connectivity index (χ4n) is 8.21. The molecule has 0 N–H and O–H groups in total. The van der Waals surface area contributed by atoms with Crippen LogP contribution in [0.15, 0.2) is 146 Å². The van der Waals surface area contributed by atoms with Crippen LogP contribution in [0.25, 0.3) is 66.1 Å². The summed E-state index contributed by atoms with van der Waals surface area (Å²) < 4.78 is 0. The molecule has 0 saturated heterocycles. The summed E-state index contributed by atoms with van der Waals surface area (Å²) in [6.07, 6.45) is 9.76. The Labute approximate surface area is 245 Å². The first kappa shape index (κ1) is 22.5. The molecule has 194 valence electrons. The second-order valence-corrected chi connectivity index (χ2v) is 12.0. The Bertz CT molecular complexity index is 2110. The van der Waals surface area contributed by atoms with Crippen LogP contribution in [0.1, 0.15) is 22.3 Å². The van der Waals surface area contributed by atoms with Crippen molar-refractivity contribution in [1.29, 1.82) is 0 Å². The summed E-state index contributed by atoms with van der Waals surface area (Å²) in [7, 11) is 0. The van der Waals surface area contributed by atoms with Crippen LogP contribution in [-0.2, 0) is 0 Å². The highest BCUT2D eigenvalue weighted by Crippen LogP contribution is 2.65. The van der Waals surface area contributed by atoms with Crippen molar-refractivity contribution in [1.82, 2.24) is 0 Å². The van der Waals surface area contributed by atoms with E-state index in [9.17, 15) is 0 Å². The lowest BCUT2D eigenvalue weighted by Crippen LogP contribution is -2.17. The maximum atomic E-state index is 2.45. The van der Waals surface area contributed by atoms with Gasteiger partial charge in [0.25, 0.3) is 0 Å². The minimum atomic E-state index is 0.335. The normalized spacial score (nSPS) is 19.0. The van der Waals surface area contributed by atoms with Crippen molar-refractivity contribution in [3.8, 4) is 22.3 Å². The fraction of sp³-hybridized carbons (Fsp3) is 0.0476. The van der Waals surface area contributed by atoms with Gasteiger partial charge in [0.15, 0.2) is 0 Å². The predicted octanol–water partition coefficient (Wildman–Crippen LogP) is 10.8. The number of allylic oxidation sites excluding steroid dienone is 8. The van der Waals surface area contributed by atoms with Gasteiger partial charge in [-0.05, 0) is 113 Å². The summed E-state index contributed by atoms with van der Waals surface area (Å²) in [4.78, 5) is 0. The third kappa shape index (κ3) is 2.91. The third-order valence-electron chi connectivity index (χ3n) is 9.97. The Hall–Kier alpha value is -5.20. The van der Waals surface area contributed by atoms with Gasteiger partial charge in [-0.2, -0.15) is 0 Å². The van der Waals surface area contributed by atoms with E-state index in [1.54, 1.807) is 0 Å². The second kappa shape index (κ2) is 8.18. The lowest BCUT2D eigenvalue weighted by atomic mass is 9.72. The first-order valence-electron chi connectivity index (χ1n) is 14.9. The molecular weight excluding hydrogens is 504 g/mol. The van der Waals surface area contributed by atoms with E-state index in [1.807, 2.05) is 0 Å². The fourth-order valence-corrected chi connectivity index (χ4v) is 8.21. The van der Waals surface area contributed by atoms with Crippen LogP contribution < -0.4 is 0 Å². The van der Waals surface area contributed by atoms with Crippen molar-refractivity contribution in [3.63, 3.8) is 0 Å². The Morgan fingerprint density at radius 1 is 0.310 bits per heavy atom. The van der Waals surface area contributed by atoms with Crippen LogP contribution in [0.2, 0.25) is 0 Å². The molecule has 0 heteroatoms. The topological polar surface area (TPSA) is 0 Å². The van der Waals surface area contributed by atoms with Crippen LogP contribution in [0, 0.1) is 11.8 Å². The van der Waals surface area contributed by atoms with Gasteiger partial charge in [0, 0.05) is 11.8 Å². The van der Waals surface area contributed by atoms with Gasteiger partial charge >= 0.3 is 0 Å². The van der Waals surface area contributed by atoms with E-state index in [0.29, 0.717) is 11.8 Å². The monoisotopic (exact) mass is 530 g/mol. The smallest absolute Gasteiger partial charge is 0.0212 e. The Balaban J connectivity index is 1.24. The van der Waals surface area contributed by atoms with Gasteiger partial charge in [-0.1, -0.05) is 121 Å². The Morgan fingerprint density at radius 2 is 0.714 bits per heavy atom. The maximum Gasteiger partial charge on any atom is 0.0212 e. The summed E-state index contributed by atoms with van der Waals surface area (Å²) in [6, 6.07) is 44.9. The van der Waals surface area contributed by atoms with E-state index in [2.05, 4.69) is 146 Å². The summed E-state index contributed by atoms with van der Waals surface area (Å²) >= 11 is 0. The molecule has 42 heavy (non-hydrogen) atoms. The zero-order chi connectivity index (χ0) is 27.4. The zero-order valence-electron chi connectivity index (χ0n) is 23.0. The molecule has 10 rings (SSSR count). The quantitative estimate of drug-likeness (QED) is 0.195. The summed E-state index contributed by atoms with van der Waals surface area (Å²) in [5, 5.41) is 5.25. The van der Waals surface area contributed by atoms with Crippen molar-refractivity contribution < 1.29 is 0 Å². The van der Waals surface area contributed by atoms with Crippen molar-refractivity contribution in [2.24, 2.45) is 11.8 Å². The molecule has 6 aromatic rings. The molecule has 0 amide bonds. The second-order valence-electron chi connectivity index (χ2n) is 12.0. The highest BCUT2D eigenvalue weighted by Gasteiger charge is 2.48. The third-order valence-corrected chi connectivity index (χ3v) is 9.97. The average Bonchev–Trinajstić information content (AvgIpc) is 3.55. The van der Waals surface area contributed by atoms with Gasteiger partial charge in [-0.25, -0.2) is 0 Å². The van der Waals surface area contributed by atoms with Gasteiger partial charge in [0.1, 0.15) is 0 Å². The summed E-state index contributed by atoms with van der Waals surface area (Å²) in [5.41, 5.74) is 16.7.